The minimum atomic E-state index is -1.05. The molecule has 0 bridgehead atoms. The molecule has 8 nitrogen and oxygen atoms in total. The second kappa shape index (κ2) is 8.74. The smallest absolute Gasteiger partial charge is 0.321 e. The molecule has 1 heterocycles. The molecule has 2 aromatic carbocycles. The molecule has 0 spiro atoms. The number of rotatable bonds is 8. The summed E-state index contributed by atoms with van der Waals surface area (Å²) < 4.78 is 21.8. The number of carbonyl (C=O) groups is 2. The van der Waals surface area contributed by atoms with E-state index in [2.05, 4.69) is 10.3 Å². The van der Waals surface area contributed by atoms with Gasteiger partial charge in [0.1, 0.15) is 16.9 Å². The number of amides is 1. The van der Waals surface area contributed by atoms with Gasteiger partial charge in [0.05, 0.1) is 26.3 Å². The standard InChI is InChI=1S/C24H24N2O6/c1-4-31-23(28)24(10-11-24)22(27)26-15-5-7-16(8-6-15)32-19-9-12-25-18-14-21(30-3)20(29-2)13-17(18)19/h5-9,12-14H,4,10-11H2,1-3H3,(H,26,27). The minimum Gasteiger partial charge on any atom is -0.493 e. The maximum atomic E-state index is 12.6. The van der Waals surface area contributed by atoms with Crippen molar-refractivity contribution >= 4 is 28.5 Å². The largest absolute Gasteiger partial charge is 0.493 e. The number of hydrogen-bond acceptors (Lipinski definition) is 7. The Morgan fingerprint density at radius 1 is 1.00 bits per heavy atom. The number of aromatic nitrogens is 1. The lowest BCUT2D eigenvalue weighted by molar-refractivity contribution is -0.152. The highest BCUT2D eigenvalue weighted by atomic mass is 16.5. The summed E-state index contributed by atoms with van der Waals surface area (Å²) in [6.45, 7) is 1.98. The first-order valence-corrected chi connectivity index (χ1v) is 10.3. The number of anilines is 1. The maximum Gasteiger partial charge on any atom is 0.321 e. The summed E-state index contributed by atoms with van der Waals surface area (Å²) in [5, 5.41) is 3.57. The van der Waals surface area contributed by atoms with Gasteiger partial charge >= 0.3 is 5.97 Å². The lowest BCUT2D eigenvalue weighted by atomic mass is 10.1. The van der Waals surface area contributed by atoms with Crippen LogP contribution >= 0.6 is 0 Å². The van der Waals surface area contributed by atoms with Gasteiger partial charge in [-0.2, -0.15) is 0 Å². The Kier molecular flexibility index (Phi) is 5.85. The number of ether oxygens (including phenoxy) is 4. The Balaban J connectivity index is 1.50. The second-order valence-electron chi connectivity index (χ2n) is 7.42. The third-order valence-corrected chi connectivity index (χ3v) is 5.40. The number of nitrogens with one attached hydrogen (secondary N) is 1. The van der Waals surface area contributed by atoms with Crippen LogP contribution in [-0.4, -0.2) is 37.7 Å². The predicted molar refractivity (Wildman–Crippen MR) is 118 cm³/mol. The van der Waals surface area contributed by atoms with Gasteiger partial charge in [0.2, 0.25) is 5.91 Å². The summed E-state index contributed by atoms with van der Waals surface area (Å²) in [5.41, 5.74) is 0.225. The fourth-order valence-electron chi connectivity index (χ4n) is 3.44. The normalized spacial score (nSPS) is 13.8. The lowest BCUT2D eigenvalue weighted by Gasteiger charge is -2.15. The van der Waals surface area contributed by atoms with E-state index in [4.69, 9.17) is 18.9 Å². The van der Waals surface area contributed by atoms with Gasteiger partial charge < -0.3 is 24.3 Å². The number of benzene rings is 2. The fourth-order valence-corrected chi connectivity index (χ4v) is 3.44. The number of esters is 1. The van der Waals surface area contributed by atoms with Crippen LogP contribution in [0.2, 0.25) is 0 Å². The molecule has 1 aliphatic rings. The van der Waals surface area contributed by atoms with Crippen LogP contribution in [0.25, 0.3) is 10.9 Å². The summed E-state index contributed by atoms with van der Waals surface area (Å²) in [6.07, 6.45) is 2.66. The van der Waals surface area contributed by atoms with E-state index in [1.165, 1.54) is 0 Å². The van der Waals surface area contributed by atoms with E-state index >= 15 is 0 Å². The fraction of sp³-hybridized carbons (Fsp3) is 0.292. The first-order chi connectivity index (χ1) is 15.5. The molecule has 0 unspecified atom stereocenters. The Bertz CT molecular complexity index is 1160. The zero-order valence-electron chi connectivity index (χ0n) is 18.1. The summed E-state index contributed by atoms with van der Waals surface area (Å²) in [5.74, 6) is 1.54. The summed E-state index contributed by atoms with van der Waals surface area (Å²) >= 11 is 0. The van der Waals surface area contributed by atoms with Gasteiger partial charge in [0, 0.05) is 23.3 Å². The quantitative estimate of drug-likeness (QED) is 0.415. The monoisotopic (exact) mass is 436 g/mol. The van der Waals surface area contributed by atoms with Crippen molar-refractivity contribution in [2.24, 2.45) is 5.41 Å². The van der Waals surface area contributed by atoms with E-state index in [1.807, 2.05) is 6.07 Å². The van der Waals surface area contributed by atoms with Crippen LogP contribution in [0.5, 0.6) is 23.0 Å². The van der Waals surface area contributed by atoms with Crippen molar-refractivity contribution < 1.29 is 28.5 Å². The van der Waals surface area contributed by atoms with E-state index in [-0.39, 0.29) is 12.5 Å². The van der Waals surface area contributed by atoms with Crippen molar-refractivity contribution in [2.45, 2.75) is 19.8 Å². The molecule has 0 saturated heterocycles. The number of fused-ring (bicyclic) bond motifs is 1. The number of hydrogen-bond donors (Lipinski definition) is 1. The molecule has 1 fully saturated rings. The van der Waals surface area contributed by atoms with E-state index in [0.717, 1.165) is 5.39 Å². The van der Waals surface area contributed by atoms with Crippen LogP contribution in [0.4, 0.5) is 5.69 Å². The Hall–Kier alpha value is -3.81. The van der Waals surface area contributed by atoms with E-state index < -0.39 is 11.4 Å². The number of nitrogens with zero attached hydrogens (tertiary/aromatic N) is 1. The van der Waals surface area contributed by atoms with Gasteiger partial charge in [0.15, 0.2) is 11.5 Å². The average Bonchev–Trinajstić information content (AvgIpc) is 3.62. The topological polar surface area (TPSA) is 96.0 Å². The molecule has 1 saturated carbocycles. The Morgan fingerprint density at radius 3 is 2.31 bits per heavy atom. The van der Waals surface area contributed by atoms with Crippen LogP contribution in [0, 0.1) is 5.41 Å². The van der Waals surface area contributed by atoms with Gasteiger partial charge in [-0.1, -0.05) is 0 Å². The Labute approximate surface area is 185 Å². The molecule has 4 rings (SSSR count). The van der Waals surface area contributed by atoms with Crippen LogP contribution in [0.3, 0.4) is 0 Å². The van der Waals surface area contributed by atoms with Crippen LogP contribution in [-0.2, 0) is 14.3 Å². The molecule has 8 heteroatoms. The SMILES string of the molecule is CCOC(=O)C1(C(=O)Nc2ccc(Oc3ccnc4cc(OC)c(OC)cc34)cc2)CC1. The molecular weight excluding hydrogens is 412 g/mol. The van der Waals surface area contributed by atoms with Crippen LogP contribution in [0.1, 0.15) is 19.8 Å². The lowest BCUT2D eigenvalue weighted by Crippen LogP contribution is -2.32. The highest BCUT2D eigenvalue weighted by Gasteiger charge is 2.58. The molecule has 1 aliphatic carbocycles. The molecule has 166 valence electrons. The minimum absolute atomic E-state index is 0.252. The summed E-state index contributed by atoms with van der Waals surface area (Å²) in [7, 11) is 3.14. The highest BCUT2D eigenvalue weighted by molar-refractivity contribution is 6.11. The van der Waals surface area contributed by atoms with Crippen molar-refractivity contribution in [1.29, 1.82) is 0 Å². The highest BCUT2D eigenvalue weighted by Crippen LogP contribution is 2.47. The maximum absolute atomic E-state index is 12.6. The molecule has 32 heavy (non-hydrogen) atoms. The van der Waals surface area contributed by atoms with Gasteiger partial charge in [-0.25, -0.2) is 0 Å². The molecule has 1 N–H and O–H groups in total. The molecular formula is C24H24N2O6. The van der Waals surface area contributed by atoms with Crippen LogP contribution in [0.15, 0.2) is 48.7 Å². The first-order valence-electron chi connectivity index (χ1n) is 10.3. The van der Waals surface area contributed by atoms with Crippen molar-refractivity contribution in [2.75, 3.05) is 26.1 Å². The summed E-state index contributed by atoms with van der Waals surface area (Å²) in [6, 6.07) is 12.3. The predicted octanol–water partition coefficient (Wildman–Crippen LogP) is 4.33. The van der Waals surface area contributed by atoms with E-state index in [1.54, 1.807) is 63.7 Å². The molecule has 3 aromatic rings. The number of methoxy groups -OCH3 is 2. The summed E-state index contributed by atoms with van der Waals surface area (Å²) in [4.78, 5) is 29.0. The molecule has 1 aromatic heterocycles. The van der Waals surface area contributed by atoms with Crippen LogP contribution < -0.4 is 19.5 Å². The number of pyridine rings is 1. The van der Waals surface area contributed by atoms with Crippen molar-refractivity contribution in [3.05, 3.63) is 48.7 Å². The second-order valence-corrected chi connectivity index (χ2v) is 7.42. The molecule has 0 atom stereocenters. The van der Waals surface area contributed by atoms with Gasteiger partial charge in [-0.3, -0.25) is 14.6 Å². The van der Waals surface area contributed by atoms with Gasteiger partial charge in [-0.15, -0.1) is 0 Å². The zero-order valence-corrected chi connectivity index (χ0v) is 18.1. The third kappa shape index (κ3) is 4.03. The molecule has 0 aliphatic heterocycles. The van der Waals surface area contributed by atoms with Gasteiger partial charge in [0.25, 0.3) is 0 Å². The zero-order chi connectivity index (χ0) is 22.7. The number of carbonyl (C=O) groups excluding carboxylic acids is 2. The van der Waals surface area contributed by atoms with E-state index in [9.17, 15) is 9.59 Å². The molecule has 1 amide bonds. The van der Waals surface area contributed by atoms with E-state index in [0.29, 0.717) is 47.0 Å². The average molecular weight is 436 g/mol. The first kappa shape index (κ1) is 21.4. The third-order valence-electron chi connectivity index (χ3n) is 5.40. The van der Waals surface area contributed by atoms with Crippen molar-refractivity contribution in [3.8, 4) is 23.0 Å². The Morgan fingerprint density at radius 2 is 1.69 bits per heavy atom. The van der Waals surface area contributed by atoms with Gasteiger partial charge in [-0.05, 0) is 56.2 Å². The van der Waals surface area contributed by atoms with Crippen molar-refractivity contribution in [1.82, 2.24) is 4.98 Å². The molecule has 0 radical (unpaired) electrons. The van der Waals surface area contributed by atoms with Crippen molar-refractivity contribution in [3.63, 3.8) is 0 Å².